The molecule has 4 nitrogen and oxygen atoms in total. The van der Waals surface area contributed by atoms with Gasteiger partial charge in [0.1, 0.15) is 5.69 Å². The maximum absolute atomic E-state index is 5.48. The molecule has 302 valence electrons. The number of pyridine rings is 2. The number of aromatic nitrogens is 4. The Balaban J connectivity index is 0.998. The molecule has 13 rings (SSSR count). The second-order valence-corrected chi connectivity index (χ2v) is 16.7. The van der Waals surface area contributed by atoms with Crippen LogP contribution < -0.4 is 0 Å². The molecule has 0 saturated carbocycles. The fraction of sp³-hybridized carbons (Fsp3) is 0. The van der Waals surface area contributed by atoms with Crippen molar-refractivity contribution < 1.29 is 0 Å². The van der Waals surface area contributed by atoms with Gasteiger partial charge in [-0.15, -0.1) is 0 Å². The summed E-state index contributed by atoms with van der Waals surface area (Å²) in [6.07, 6.45) is 0. The van der Waals surface area contributed by atoms with E-state index in [0.717, 1.165) is 93.9 Å². The molecule has 0 aliphatic heterocycles. The number of rotatable bonds is 6. The smallest absolute Gasteiger partial charge is 0.101 e. The summed E-state index contributed by atoms with van der Waals surface area (Å²) in [4.78, 5) is 10.7. The molecule has 3 heterocycles. The molecule has 0 fully saturated rings. The zero-order valence-corrected chi connectivity index (χ0v) is 35.2. The first-order valence-corrected chi connectivity index (χ1v) is 22.1. The van der Waals surface area contributed by atoms with Gasteiger partial charge in [-0.05, 0) is 79.5 Å². The van der Waals surface area contributed by atoms with Crippen LogP contribution in [0.15, 0.2) is 231 Å². The summed E-state index contributed by atoms with van der Waals surface area (Å²) in [6, 6.07) is 82.1. The highest BCUT2D eigenvalue weighted by atomic mass is 15.3. The third-order valence-electron chi connectivity index (χ3n) is 13.0. The summed E-state index contributed by atoms with van der Waals surface area (Å²) in [5.41, 5.74) is 14.7. The van der Waals surface area contributed by atoms with Gasteiger partial charge in [-0.2, -0.15) is 5.10 Å². The summed E-state index contributed by atoms with van der Waals surface area (Å²) in [5.74, 6) is 0. The Bertz CT molecular complexity index is 3910. The monoisotopic (exact) mass is 826 g/mol. The molecule has 65 heavy (non-hydrogen) atoms. The Morgan fingerprint density at radius 1 is 0.323 bits per heavy atom. The van der Waals surface area contributed by atoms with Crippen LogP contribution in [-0.2, 0) is 0 Å². The molecule has 10 aromatic carbocycles. The number of benzene rings is 10. The van der Waals surface area contributed by atoms with E-state index < -0.39 is 0 Å². The largest absolute Gasteiger partial charge is 0.245 e. The van der Waals surface area contributed by atoms with Crippen LogP contribution >= 0.6 is 0 Å². The van der Waals surface area contributed by atoms with Crippen molar-refractivity contribution in [1.82, 2.24) is 19.7 Å². The van der Waals surface area contributed by atoms with Crippen LogP contribution in [-0.4, -0.2) is 19.7 Å². The van der Waals surface area contributed by atoms with Crippen molar-refractivity contribution in [2.45, 2.75) is 0 Å². The number of fused-ring (bicyclic) bond motifs is 8. The Hall–Kier alpha value is -8.73. The molecule has 0 unspecified atom stereocenters. The molecule has 0 aliphatic rings. The molecule has 0 amide bonds. The highest BCUT2D eigenvalue weighted by molar-refractivity contribution is 6.22. The molecule has 0 aliphatic carbocycles. The van der Waals surface area contributed by atoms with E-state index in [1.807, 2.05) is 6.07 Å². The third-order valence-corrected chi connectivity index (χ3v) is 13.0. The van der Waals surface area contributed by atoms with Crippen LogP contribution in [0.2, 0.25) is 0 Å². The summed E-state index contributed by atoms with van der Waals surface area (Å²) in [7, 11) is 0. The lowest BCUT2D eigenvalue weighted by molar-refractivity contribution is 0.918. The van der Waals surface area contributed by atoms with Gasteiger partial charge in [0.15, 0.2) is 0 Å². The summed E-state index contributed by atoms with van der Waals surface area (Å²) in [6.45, 7) is 0. The van der Waals surface area contributed by atoms with Crippen LogP contribution in [0, 0.1) is 0 Å². The van der Waals surface area contributed by atoms with E-state index in [0.29, 0.717) is 0 Å². The second kappa shape index (κ2) is 15.0. The van der Waals surface area contributed by atoms with E-state index in [1.54, 1.807) is 0 Å². The number of hydrogen-bond acceptors (Lipinski definition) is 3. The average molecular weight is 827 g/mol. The SMILES string of the molecule is c1ccc(-c2ccc3ccc4ccc(-c5c6ccccc6c(-c6ccc(-n7nc(-c8ccccc8)c8c(-c9ccccc9)cc9ccccc9c87)cc6)c6ccccc56)nc4c3n2)cc1. The molecule has 0 N–H and O–H groups in total. The first kappa shape index (κ1) is 36.9. The quantitative estimate of drug-likeness (QED) is 0.124. The maximum Gasteiger partial charge on any atom is 0.101 e. The van der Waals surface area contributed by atoms with Crippen molar-refractivity contribution in [2.24, 2.45) is 0 Å². The zero-order chi connectivity index (χ0) is 42.8. The molecule has 4 heteroatoms. The minimum absolute atomic E-state index is 0.899. The van der Waals surface area contributed by atoms with E-state index >= 15 is 0 Å². The van der Waals surface area contributed by atoms with Gasteiger partial charge in [-0.1, -0.05) is 200 Å². The topological polar surface area (TPSA) is 43.6 Å². The summed E-state index contributed by atoms with van der Waals surface area (Å²) in [5, 5.41) is 15.7. The molecule has 0 radical (unpaired) electrons. The van der Waals surface area contributed by atoms with Crippen LogP contribution in [0.25, 0.3) is 127 Å². The first-order chi connectivity index (χ1) is 32.2. The standard InChI is InChI=1S/C61H38N4/c1-4-16-39(17-5-1)52-38-45-22-10-11-23-47(45)61-57(52)58(42-20-8-3-9-21-42)64-65(61)46-34-30-41(31-35-46)55-48-24-12-14-26-50(48)56(51-27-15-13-25-49(51)55)54-37-33-44-29-28-43-32-36-53(40-18-6-2-7-19-40)62-59(43)60(44)63-54/h1-38H. The Labute approximate surface area is 375 Å². The molecular formula is C61H38N4. The van der Waals surface area contributed by atoms with E-state index in [-0.39, 0.29) is 0 Å². The van der Waals surface area contributed by atoms with Crippen molar-refractivity contribution in [1.29, 1.82) is 0 Å². The molecule has 13 aromatic rings. The fourth-order valence-electron chi connectivity index (χ4n) is 9.98. The fourth-order valence-corrected chi connectivity index (χ4v) is 9.98. The van der Waals surface area contributed by atoms with Crippen molar-refractivity contribution in [3.8, 4) is 61.7 Å². The highest BCUT2D eigenvalue weighted by Crippen LogP contribution is 2.45. The van der Waals surface area contributed by atoms with Gasteiger partial charge in [-0.25, -0.2) is 14.6 Å². The van der Waals surface area contributed by atoms with Crippen molar-refractivity contribution >= 4 is 65.0 Å². The van der Waals surface area contributed by atoms with Gasteiger partial charge < -0.3 is 0 Å². The van der Waals surface area contributed by atoms with E-state index in [2.05, 4.69) is 229 Å². The van der Waals surface area contributed by atoms with Crippen LogP contribution in [0.3, 0.4) is 0 Å². The average Bonchev–Trinajstić information content (AvgIpc) is 3.79. The van der Waals surface area contributed by atoms with Gasteiger partial charge in [0, 0.05) is 38.2 Å². The second-order valence-electron chi connectivity index (χ2n) is 16.7. The molecule has 0 saturated heterocycles. The van der Waals surface area contributed by atoms with Crippen molar-refractivity contribution in [3.63, 3.8) is 0 Å². The maximum atomic E-state index is 5.48. The predicted molar refractivity (Wildman–Crippen MR) is 271 cm³/mol. The van der Waals surface area contributed by atoms with Gasteiger partial charge in [0.25, 0.3) is 0 Å². The van der Waals surface area contributed by atoms with Gasteiger partial charge in [0.05, 0.1) is 33.6 Å². The number of nitrogens with zero attached hydrogens (tertiary/aromatic N) is 4. The lowest BCUT2D eigenvalue weighted by Gasteiger charge is -2.18. The zero-order valence-electron chi connectivity index (χ0n) is 35.2. The molecule has 0 spiro atoms. The van der Waals surface area contributed by atoms with Crippen molar-refractivity contribution in [3.05, 3.63) is 231 Å². The minimum Gasteiger partial charge on any atom is -0.245 e. The van der Waals surface area contributed by atoms with Crippen LogP contribution in [0.4, 0.5) is 0 Å². The van der Waals surface area contributed by atoms with Crippen LogP contribution in [0.5, 0.6) is 0 Å². The van der Waals surface area contributed by atoms with Crippen molar-refractivity contribution in [2.75, 3.05) is 0 Å². The van der Waals surface area contributed by atoms with E-state index in [1.165, 1.54) is 32.8 Å². The third kappa shape index (κ3) is 6.03. The van der Waals surface area contributed by atoms with Gasteiger partial charge in [-0.3, -0.25) is 0 Å². The molecular weight excluding hydrogens is 789 g/mol. The lowest BCUT2D eigenvalue weighted by atomic mass is 9.87. The van der Waals surface area contributed by atoms with E-state index in [4.69, 9.17) is 15.1 Å². The molecule has 0 atom stereocenters. The molecule has 3 aromatic heterocycles. The van der Waals surface area contributed by atoms with Crippen LogP contribution in [0.1, 0.15) is 0 Å². The Kier molecular flexibility index (Phi) is 8.50. The Morgan fingerprint density at radius 3 is 1.42 bits per heavy atom. The van der Waals surface area contributed by atoms with Gasteiger partial charge in [0.2, 0.25) is 0 Å². The first-order valence-electron chi connectivity index (χ1n) is 22.1. The van der Waals surface area contributed by atoms with E-state index in [9.17, 15) is 0 Å². The van der Waals surface area contributed by atoms with Gasteiger partial charge >= 0.3 is 0 Å². The highest BCUT2D eigenvalue weighted by Gasteiger charge is 2.22. The number of hydrogen-bond donors (Lipinski definition) is 0. The predicted octanol–water partition coefficient (Wildman–Crippen LogP) is 15.9. The lowest BCUT2D eigenvalue weighted by Crippen LogP contribution is -1.98. The minimum atomic E-state index is 0.899. The molecule has 0 bridgehead atoms. The Morgan fingerprint density at radius 2 is 0.800 bits per heavy atom. The summed E-state index contributed by atoms with van der Waals surface area (Å²) >= 11 is 0. The normalized spacial score (nSPS) is 11.7. The summed E-state index contributed by atoms with van der Waals surface area (Å²) < 4.78 is 2.16.